The van der Waals surface area contributed by atoms with Crippen LogP contribution in [0.15, 0.2) is 21.9 Å². The lowest BCUT2D eigenvalue weighted by Gasteiger charge is -2.46. The molecule has 31 heavy (non-hydrogen) atoms. The first-order valence-electron chi connectivity index (χ1n) is 11.7. The summed E-state index contributed by atoms with van der Waals surface area (Å²) in [6.45, 7) is 8.98. The molecule has 2 fully saturated rings. The Labute approximate surface area is 189 Å². The van der Waals surface area contributed by atoms with Gasteiger partial charge in [-0.2, -0.15) is 0 Å². The smallest absolute Gasteiger partial charge is 0.249 e. The summed E-state index contributed by atoms with van der Waals surface area (Å²) in [5.74, 6) is 0.796. The van der Waals surface area contributed by atoms with E-state index in [2.05, 4.69) is 27.0 Å². The summed E-state index contributed by atoms with van der Waals surface area (Å²) < 4.78 is 0. The number of nitrogens with one attached hydrogen (secondary N) is 1. The van der Waals surface area contributed by atoms with Gasteiger partial charge in [-0.3, -0.25) is 14.5 Å². The Kier molecular flexibility index (Phi) is 6.68. The van der Waals surface area contributed by atoms with E-state index in [4.69, 9.17) is 11.6 Å². The zero-order valence-electron chi connectivity index (χ0n) is 18.8. The number of aromatic nitrogens is 1. The van der Waals surface area contributed by atoms with Crippen molar-refractivity contribution < 1.29 is 0 Å². The summed E-state index contributed by atoms with van der Waals surface area (Å²) in [6, 6.07) is 3.05. The van der Waals surface area contributed by atoms with Gasteiger partial charge >= 0.3 is 0 Å². The van der Waals surface area contributed by atoms with Crippen molar-refractivity contribution in [2.75, 3.05) is 29.9 Å². The third kappa shape index (κ3) is 4.37. The fourth-order valence-electron chi connectivity index (χ4n) is 5.28. The van der Waals surface area contributed by atoms with Gasteiger partial charge in [-0.1, -0.05) is 51.6 Å². The number of pyridine rings is 1. The SMILES string of the molecule is CC[C@H]1CN(c2ncc(Nc3c(C(C)C)c(=O)c3=O)cc2Cl)CCN1C1CCCCC1. The highest BCUT2D eigenvalue weighted by Gasteiger charge is 2.32. The fourth-order valence-corrected chi connectivity index (χ4v) is 5.56. The molecular weight excluding hydrogens is 412 g/mol. The van der Waals surface area contributed by atoms with E-state index >= 15 is 0 Å². The predicted molar refractivity (Wildman–Crippen MR) is 128 cm³/mol. The maximum atomic E-state index is 12.0. The fraction of sp³-hybridized carbons (Fsp3) is 0.625. The molecule has 6 nitrogen and oxygen atoms in total. The van der Waals surface area contributed by atoms with Gasteiger partial charge in [0.2, 0.25) is 10.9 Å². The van der Waals surface area contributed by atoms with Crippen LogP contribution in [-0.4, -0.2) is 41.6 Å². The van der Waals surface area contributed by atoms with Crippen LogP contribution in [0.2, 0.25) is 5.02 Å². The first-order chi connectivity index (χ1) is 14.9. The van der Waals surface area contributed by atoms with E-state index in [0.29, 0.717) is 28.0 Å². The number of piperazine rings is 1. The molecule has 1 atom stereocenters. The molecule has 0 unspecified atom stereocenters. The first kappa shape index (κ1) is 22.3. The van der Waals surface area contributed by atoms with Crippen LogP contribution in [0.5, 0.6) is 0 Å². The van der Waals surface area contributed by atoms with E-state index < -0.39 is 10.9 Å². The van der Waals surface area contributed by atoms with Crippen molar-refractivity contribution in [1.29, 1.82) is 0 Å². The van der Waals surface area contributed by atoms with E-state index in [1.807, 2.05) is 13.8 Å². The maximum absolute atomic E-state index is 12.0. The van der Waals surface area contributed by atoms with E-state index in [-0.39, 0.29) is 5.92 Å². The van der Waals surface area contributed by atoms with Gasteiger partial charge in [-0.25, -0.2) is 4.98 Å². The highest BCUT2D eigenvalue weighted by atomic mass is 35.5. The van der Waals surface area contributed by atoms with Crippen LogP contribution in [0, 0.1) is 0 Å². The van der Waals surface area contributed by atoms with E-state index in [1.165, 1.54) is 32.1 Å². The summed E-state index contributed by atoms with van der Waals surface area (Å²) in [4.78, 5) is 33.4. The predicted octanol–water partition coefficient (Wildman–Crippen LogP) is 4.43. The van der Waals surface area contributed by atoms with Crippen molar-refractivity contribution >= 4 is 28.8 Å². The first-order valence-corrected chi connectivity index (χ1v) is 12.0. The minimum absolute atomic E-state index is 0.00171. The van der Waals surface area contributed by atoms with Gasteiger partial charge in [-0.15, -0.1) is 0 Å². The van der Waals surface area contributed by atoms with Gasteiger partial charge in [0.1, 0.15) is 5.82 Å². The largest absolute Gasteiger partial charge is 0.353 e. The van der Waals surface area contributed by atoms with Crippen LogP contribution < -0.4 is 21.1 Å². The van der Waals surface area contributed by atoms with Gasteiger partial charge in [-0.05, 0) is 31.2 Å². The zero-order chi connectivity index (χ0) is 22.1. The molecule has 0 spiro atoms. The molecule has 2 aliphatic rings. The second-order valence-electron chi connectivity index (χ2n) is 9.29. The Hall–Kier alpha value is -1.92. The highest BCUT2D eigenvalue weighted by molar-refractivity contribution is 6.33. The average molecular weight is 445 g/mol. The highest BCUT2D eigenvalue weighted by Crippen LogP contribution is 2.32. The topological polar surface area (TPSA) is 65.5 Å². The van der Waals surface area contributed by atoms with Gasteiger partial charge < -0.3 is 10.2 Å². The summed E-state index contributed by atoms with van der Waals surface area (Å²) in [7, 11) is 0. The molecule has 168 valence electrons. The standard InChI is InChI=1S/C24H33ClN4O2/c1-4-17-14-28(10-11-29(17)18-8-6-5-7-9-18)24-19(25)12-16(13-26-24)27-21-20(15(2)3)22(30)23(21)31/h12-13,15,17-18,27H,4-11,14H2,1-3H3/t17-/m0/s1. The number of hydrogen-bond acceptors (Lipinski definition) is 6. The van der Waals surface area contributed by atoms with Gasteiger partial charge in [0.05, 0.1) is 22.6 Å². The summed E-state index contributed by atoms with van der Waals surface area (Å²) in [5.41, 5.74) is 0.700. The van der Waals surface area contributed by atoms with Crippen LogP contribution in [0.4, 0.5) is 17.2 Å². The molecule has 1 aromatic heterocycles. The van der Waals surface area contributed by atoms with Crippen molar-refractivity contribution in [1.82, 2.24) is 9.88 Å². The minimum Gasteiger partial charge on any atom is -0.353 e. The van der Waals surface area contributed by atoms with Gasteiger partial charge in [0, 0.05) is 37.3 Å². The summed E-state index contributed by atoms with van der Waals surface area (Å²) in [5, 5.41) is 3.63. The molecule has 7 heteroatoms. The molecule has 0 amide bonds. The molecular formula is C24H33ClN4O2. The number of hydrogen-bond donors (Lipinski definition) is 1. The van der Waals surface area contributed by atoms with Crippen LogP contribution in [0.25, 0.3) is 0 Å². The molecule has 2 aromatic rings. The molecule has 1 aliphatic heterocycles. The van der Waals surface area contributed by atoms with E-state index in [0.717, 1.165) is 37.9 Å². The van der Waals surface area contributed by atoms with Crippen molar-refractivity contribution in [2.24, 2.45) is 0 Å². The molecule has 1 saturated carbocycles. The normalized spacial score (nSPS) is 21.2. The summed E-state index contributed by atoms with van der Waals surface area (Å²) >= 11 is 6.62. The van der Waals surface area contributed by atoms with Gasteiger partial charge in [0.25, 0.3) is 0 Å². The Morgan fingerprint density at radius 1 is 1.16 bits per heavy atom. The van der Waals surface area contributed by atoms with Crippen molar-refractivity contribution in [3.63, 3.8) is 0 Å². The maximum Gasteiger partial charge on any atom is 0.249 e. The lowest BCUT2D eigenvalue weighted by molar-refractivity contribution is 0.0894. The quantitative estimate of drug-likeness (QED) is 0.665. The molecule has 0 bridgehead atoms. The van der Waals surface area contributed by atoms with E-state index in [1.54, 1.807) is 12.3 Å². The number of anilines is 3. The Morgan fingerprint density at radius 3 is 2.55 bits per heavy atom. The van der Waals surface area contributed by atoms with Crippen LogP contribution in [0.3, 0.4) is 0 Å². The third-order valence-corrected chi connectivity index (χ3v) is 7.24. The van der Waals surface area contributed by atoms with Crippen LogP contribution >= 0.6 is 11.6 Å². The van der Waals surface area contributed by atoms with E-state index in [9.17, 15) is 9.59 Å². The molecule has 4 rings (SSSR count). The van der Waals surface area contributed by atoms with Crippen LogP contribution in [-0.2, 0) is 0 Å². The third-order valence-electron chi connectivity index (χ3n) is 6.96. The monoisotopic (exact) mass is 444 g/mol. The molecule has 1 aliphatic carbocycles. The zero-order valence-corrected chi connectivity index (χ0v) is 19.5. The lowest BCUT2D eigenvalue weighted by atomic mass is 9.92. The molecule has 0 radical (unpaired) electrons. The van der Waals surface area contributed by atoms with Crippen molar-refractivity contribution in [3.05, 3.63) is 43.3 Å². The van der Waals surface area contributed by atoms with Crippen molar-refractivity contribution in [2.45, 2.75) is 77.3 Å². The van der Waals surface area contributed by atoms with Crippen molar-refractivity contribution in [3.8, 4) is 0 Å². The average Bonchev–Trinajstić information content (AvgIpc) is 2.78. The van der Waals surface area contributed by atoms with Crippen LogP contribution in [0.1, 0.15) is 70.8 Å². The van der Waals surface area contributed by atoms with Gasteiger partial charge in [0.15, 0.2) is 0 Å². The molecule has 1 aromatic carbocycles. The second-order valence-corrected chi connectivity index (χ2v) is 9.70. The Morgan fingerprint density at radius 2 is 1.90 bits per heavy atom. The number of nitrogens with zero attached hydrogens (tertiary/aromatic N) is 3. The molecule has 2 heterocycles. The minimum atomic E-state index is -0.464. The second kappa shape index (κ2) is 9.29. The Balaban J connectivity index is 1.47. The number of rotatable bonds is 6. The lowest BCUT2D eigenvalue weighted by Crippen LogP contribution is -2.57. The molecule has 1 saturated heterocycles. The summed E-state index contributed by atoms with van der Waals surface area (Å²) in [6.07, 6.45) is 9.56. The molecule has 1 N–H and O–H groups in total. The number of halogens is 1. The Bertz CT molecular complexity index is 992.